The molecule has 4 N–H and O–H groups in total. The van der Waals surface area contributed by atoms with Crippen LogP contribution in [0.15, 0.2) is 0 Å². The van der Waals surface area contributed by atoms with Crippen LogP contribution in [0, 0.1) is 0 Å². The highest BCUT2D eigenvalue weighted by Gasteiger charge is 2.17. The molecule has 0 bridgehead atoms. The number of nitrogens with two attached hydrogens (primary N) is 1. The van der Waals surface area contributed by atoms with E-state index >= 15 is 0 Å². The first-order valence-electron chi connectivity index (χ1n) is 5.34. The average Bonchev–Trinajstić information content (AvgIpc) is 2.17. The van der Waals surface area contributed by atoms with Crippen LogP contribution in [-0.4, -0.2) is 29.6 Å². The largest absolute Gasteiger partial charge is 0.480 e. The van der Waals surface area contributed by atoms with Gasteiger partial charge in [0.15, 0.2) is 0 Å². The Morgan fingerprint density at radius 1 is 1.40 bits per heavy atom. The molecule has 0 aliphatic carbocycles. The van der Waals surface area contributed by atoms with Gasteiger partial charge in [-0.2, -0.15) is 0 Å². The maximum absolute atomic E-state index is 11.3. The van der Waals surface area contributed by atoms with Gasteiger partial charge in [-0.05, 0) is 25.8 Å². The van der Waals surface area contributed by atoms with Crippen LogP contribution >= 0.6 is 0 Å². The zero-order valence-electron chi connectivity index (χ0n) is 9.16. The predicted octanol–water partition coefficient (Wildman–Crippen LogP) is 0.485. The molecule has 5 nitrogen and oxygen atoms in total. The fourth-order valence-corrected chi connectivity index (χ4v) is 1.24. The van der Waals surface area contributed by atoms with E-state index in [0.717, 1.165) is 12.8 Å². The summed E-state index contributed by atoms with van der Waals surface area (Å²) in [5, 5.41) is 11.3. The van der Waals surface area contributed by atoms with Crippen molar-refractivity contribution < 1.29 is 14.7 Å². The Balaban J connectivity index is 3.84. The quantitative estimate of drug-likeness (QED) is 0.515. The Bertz CT molecular complexity index is 207. The molecule has 0 saturated carbocycles. The molecule has 0 aromatic heterocycles. The highest BCUT2D eigenvalue weighted by atomic mass is 16.4. The number of carbonyl (C=O) groups is 2. The molecule has 1 atom stereocenters. The van der Waals surface area contributed by atoms with Crippen LogP contribution in [0.25, 0.3) is 0 Å². The van der Waals surface area contributed by atoms with Crippen molar-refractivity contribution in [3.8, 4) is 0 Å². The van der Waals surface area contributed by atoms with Gasteiger partial charge in [0.1, 0.15) is 6.04 Å². The summed E-state index contributed by atoms with van der Waals surface area (Å²) in [5.41, 5.74) is 5.29. The van der Waals surface area contributed by atoms with E-state index in [1.54, 1.807) is 0 Å². The number of hydrogen-bond acceptors (Lipinski definition) is 3. The highest BCUT2D eigenvalue weighted by molar-refractivity contribution is 5.83. The molecule has 0 saturated heterocycles. The van der Waals surface area contributed by atoms with E-state index in [2.05, 4.69) is 5.32 Å². The van der Waals surface area contributed by atoms with Crippen LogP contribution in [0.5, 0.6) is 0 Å². The van der Waals surface area contributed by atoms with Crippen molar-refractivity contribution in [1.29, 1.82) is 0 Å². The first-order valence-corrected chi connectivity index (χ1v) is 5.34. The molecule has 0 radical (unpaired) electrons. The highest BCUT2D eigenvalue weighted by Crippen LogP contribution is 1.99. The number of rotatable bonds is 8. The minimum atomic E-state index is -0.968. The molecule has 0 unspecified atom stereocenters. The molecule has 0 aliphatic heterocycles. The van der Waals surface area contributed by atoms with Crippen molar-refractivity contribution in [3.63, 3.8) is 0 Å². The van der Waals surface area contributed by atoms with Gasteiger partial charge in [0, 0.05) is 6.42 Å². The van der Waals surface area contributed by atoms with Crippen LogP contribution in [0.1, 0.15) is 39.0 Å². The number of carboxylic acid groups (broad SMARTS) is 1. The van der Waals surface area contributed by atoms with Crippen LogP contribution in [0.3, 0.4) is 0 Å². The standard InChI is InChI=1S/C10H20N2O3/c1-2-5-8(10(14)15)12-9(13)6-3-4-7-11/h8H,2-7,11H2,1H3,(H,12,13)(H,14,15)/t8-/m0/s1. The minimum absolute atomic E-state index is 0.204. The molecule has 0 heterocycles. The molecule has 88 valence electrons. The summed E-state index contributed by atoms with van der Waals surface area (Å²) < 4.78 is 0. The lowest BCUT2D eigenvalue weighted by atomic mass is 10.1. The van der Waals surface area contributed by atoms with Crippen molar-refractivity contribution in [3.05, 3.63) is 0 Å². The first kappa shape index (κ1) is 13.9. The third kappa shape index (κ3) is 6.90. The number of nitrogens with one attached hydrogen (secondary N) is 1. The van der Waals surface area contributed by atoms with E-state index in [4.69, 9.17) is 10.8 Å². The molecular formula is C10H20N2O3. The van der Waals surface area contributed by atoms with Crippen LogP contribution in [0.4, 0.5) is 0 Å². The van der Waals surface area contributed by atoms with Gasteiger partial charge in [0.25, 0.3) is 0 Å². The van der Waals surface area contributed by atoms with Crippen molar-refractivity contribution in [2.45, 2.75) is 45.1 Å². The van der Waals surface area contributed by atoms with Crippen molar-refractivity contribution in [1.82, 2.24) is 5.32 Å². The van der Waals surface area contributed by atoms with Gasteiger partial charge < -0.3 is 16.2 Å². The summed E-state index contributed by atoms with van der Waals surface area (Å²) in [4.78, 5) is 22.0. The SMILES string of the molecule is CCC[C@H](NC(=O)CCCCN)C(=O)O. The normalized spacial score (nSPS) is 12.1. The molecule has 5 heteroatoms. The maximum Gasteiger partial charge on any atom is 0.326 e. The fourth-order valence-electron chi connectivity index (χ4n) is 1.24. The molecular weight excluding hydrogens is 196 g/mol. The Labute approximate surface area is 90.0 Å². The number of unbranched alkanes of at least 4 members (excludes halogenated alkanes) is 1. The second-order valence-corrected chi connectivity index (χ2v) is 3.49. The van der Waals surface area contributed by atoms with Crippen molar-refractivity contribution >= 4 is 11.9 Å². The predicted molar refractivity (Wildman–Crippen MR) is 57.4 cm³/mol. The molecule has 0 aliphatic rings. The van der Waals surface area contributed by atoms with Gasteiger partial charge in [-0.25, -0.2) is 4.79 Å². The molecule has 0 rings (SSSR count). The van der Waals surface area contributed by atoms with Gasteiger partial charge in [0.05, 0.1) is 0 Å². The Morgan fingerprint density at radius 2 is 2.07 bits per heavy atom. The zero-order valence-corrected chi connectivity index (χ0v) is 9.16. The third-order valence-electron chi connectivity index (χ3n) is 2.07. The number of hydrogen-bond donors (Lipinski definition) is 3. The average molecular weight is 216 g/mol. The monoisotopic (exact) mass is 216 g/mol. The summed E-state index contributed by atoms with van der Waals surface area (Å²) in [6.07, 6.45) is 3.06. The van der Waals surface area contributed by atoms with E-state index in [-0.39, 0.29) is 5.91 Å². The number of aliphatic carboxylic acids is 1. The van der Waals surface area contributed by atoms with E-state index in [1.165, 1.54) is 0 Å². The van der Waals surface area contributed by atoms with Gasteiger partial charge in [-0.1, -0.05) is 13.3 Å². The number of carbonyl (C=O) groups excluding carboxylic acids is 1. The van der Waals surface area contributed by atoms with Crippen LogP contribution in [0.2, 0.25) is 0 Å². The third-order valence-corrected chi connectivity index (χ3v) is 2.07. The second-order valence-electron chi connectivity index (χ2n) is 3.49. The van der Waals surface area contributed by atoms with Crippen molar-refractivity contribution in [2.24, 2.45) is 5.73 Å². The Hall–Kier alpha value is -1.10. The fraction of sp³-hybridized carbons (Fsp3) is 0.800. The summed E-state index contributed by atoms with van der Waals surface area (Å²) in [6, 6.07) is -0.750. The Morgan fingerprint density at radius 3 is 2.53 bits per heavy atom. The van der Waals surface area contributed by atoms with Gasteiger partial charge in [-0.3, -0.25) is 4.79 Å². The van der Waals surface area contributed by atoms with E-state index < -0.39 is 12.0 Å². The summed E-state index contributed by atoms with van der Waals surface area (Å²) in [6.45, 7) is 2.45. The smallest absolute Gasteiger partial charge is 0.326 e. The zero-order chi connectivity index (χ0) is 11.7. The lowest BCUT2D eigenvalue weighted by molar-refractivity contribution is -0.142. The van der Waals surface area contributed by atoms with Gasteiger partial charge >= 0.3 is 5.97 Å². The minimum Gasteiger partial charge on any atom is -0.480 e. The maximum atomic E-state index is 11.3. The van der Waals surface area contributed by atoms with Gasteiger partial charge in [-0.15, -0.1) is 0 Å². The first-order chi connectivity index (χ1) is 7.11. The van der Waals surface area contributed by atoms with Crippen molar-refractivity contribution in [2.75, 3.05) is 6.54 Å². The lowest BCUT2D eigenvalue weighted by Gasteiger charge is -2.13. The van der Waals surface area contributed by atoms with E-state index in [0.29, 0.717) is 25.8 Å². The lowest BCUT2D eigenvalue weighted by Crippen LogP contribution is -2.40. The van der Waals surface area contributed by atoms with Gasteiger partial charge in [0.2, 0.25) is 5.91 Å². The molecule has 0 aromatic carbocycles. The molecule has 0 aromatic rings. The molecule has 0 fully saturated rings. The summed E-state index contributed by atoms with van der Waals surface area (Å²) in [7, 11) is 0. The topological polar surface area (TPSA) is 92.4 Å². The van der Waals surface area contributed by atoms with E-state index in [1.807, 2.05) is 6.92 Å². The molecule has 0 spiro atoms. The number of carboxylic acids is 1. The molecule has 15 heavy (non-hydrogen) atoms. The Kier molecular flexibility index (Phi) is 7.62. The van der Waals surface area contributed by atoms with Crippen LogP contribution in [-0.2, 0) is 9.59 Å². The second kappa shape index (κ2) is 8.23. The number of amides is 1. The molecule has 1 amide bonds. The summed E-state index contributed by atoms with van der Waals surface area (Å²) in [5.74, 6) is -1.17. The van der Waals surface area contributed by atoms with Crippen LogP contribution < -0.4 is 11.1 Å². The van der Waals surface area contributed by atoms with E-state index in [9.17, 15) is 9.59 Å². The summed E-state index contributed by atoms with van der Waals surface area (Å²) >= 11 is 0.